The number of methoxy groups -OCH3 is 1. The van der Waals surface area contributed by atoms with Crippen LogP contribution in [0.5, 0.6) is 5.75 Å². The van der Waals surface area contributed by atoms with E-state index in [0.717, 1.165) is 0 Å². The molecule has 0 fully saturated rings. The molecule has 22 heavy (non-hydrogen) atoms. The zero-order valence-electron chi connectivity index (χ0n) is 11.9. The minimum absolute atomic E-state index is 0.116. The smallest absolute Gasteiger partial charge is 0.271 e. The third kappa shape index (κ3) is 4.37. The van der Waals surface area contributed by atoms with Crippen molar-refractivity contribution in [3.8, 4) is 5.75 Å². The van der Waals surface area contributed by atoms with Gasteiger partial charge in [-0.1, -0.05) is 29.3 Å². The van der Waals surface area contributed by atoms with Gasteiger partial charge in [-0.15, -0.1) is 0 Å². The number of hydrogen-bond donors (Lipinski definition) is 1. The van der Waals surface area contributed by atoms with Gasteiger partial charge < -0.3 is 14.8 Å². The van der Waals surface area contributed by atoms with E-state index in [2.05, 4.69) is 10.4 Å². The number of benzene rings is 1. The Hall–Kier alpha value is -1.76. The topological polar surface area (TPSA) is 65.4 Å². The van der Waals surface area contributed by atoms with Crippen LogP contribution >= 0.6 is 23.2 Å². The van der Waals surface area contributed by atoms with Gasteiger partial charge in [-0.25, -0.2) is 4.68 Å². The lowest BCUT2D eigenvalue weighted by atomic mass is 10.3. The predicted octanol–water partition coefficient (Wildman–Crippen LogP) is 2.60. The Kier molecular flexibility index (Phi) is 6.06. The van der Waals surface area contributed by atoms with Gasteiger partial charge in [0.2, 0.25) is 0 Å². The van der Waals surface area contributed by atoms with Crippen molar-refractivity contribution < 1.29 is 14.3 Å². The first-order chi connectivity index (χ1) is 10.6. The molecule has 1 aromatic heterocycles. The lowest BCUT2D eigenvalue weighted by Crippen LogP contribution is -2.27. The van der Waals surface area contributed by atoms with Crippen LogP contribution in [0.15, 0.2) is 30.5 Å². The standard InChI is InChI=1S/C14H15Cl2N3O3/c1-21-8-6-17-14(20)11-5-7-19(18-11)9-22-12-4-2-3-10(15)13(12)16/h2-5,7H,6,8-9H2,1H3,(H,17,20). The van der Waals surface area contributed by atoms with Crippen molar-refractivity contribution in [2.75, 3.05) is 20.3 Å². The first-order valence-electron chi connectivity index (χ1n) is 6.49. The summed E-state index contributed by atoms with van der Waals surface area (Å²) >= 11 is 11.9. The van der Waals surface area contributed by atoms with E-state index in [0.29, 0.717) is 34.6 Å². The van der Waals surface area contributed by atoms with Crippen molar-refractivity contribution >= 4 is 29.1 Å². The molecule has 1 amide bonds. The van der Waals surface area contributed by atoms with E-state index < -0.39 is 0 Å². The molecule has 118 valence electrons. The summed E-state index contributed by atoms with van der Waals surface area (Å²) in [4.78, 5) is 11.8. The van der Waals surface area contributed by atoms with E-state index >= 15 is 0 Å². The third-order valence-corrected chi connectivity index (χ3v) is 3.54. The highest BCUT2D eigenvalue weighted by Gasteiger charge is 2.10. The summed E-state index contributed by atoms with van der Waals surface area (Å²) in [5, 5.41) is 7.56. The summed E-state index contributed by atoms with van der Waals surface area (Å²) in [7, 11) is 1.57. The molecule has 1 N–H and O–H groups in total. The second kappa shape index (κ2) is 8.03. The summed E-state index contributed by atoms with van der Waals surface area (Å²) in [6.07, 6.45) is 1.64. The molecule has 0 aliphatic carbocycles. The van der Waals surface area contributed by atoms with E-state index in [1.807, 2.05) is 0 Å². The minimum Gasteiger partial charge on any atom is -0.470 e. The fourth-order valence-corrected chi connectivity index (χ4v) is 1.99. The second-order valence-electron chi connectivity index (χ2n) is 4.31. The van der Waals surface area contributed by atoms with Crippen LogP contribution in [-0.2, 0) is 11.5 Å². The molecular weight excluding hydrogens is 329 g/mol. The lowest BCUT2D eigenvalue weighted by molar-refractivity contribution is 0.0930. The van der Waals surface area contributed by atoms with Crippen molar-refractivity contribution in [3.63, 3.8) is 0 Å². The molecule has 0 spiro atoms. The van der Waals surface area contributed by atoms with Gasteiger partial charge in [-0.3, -0.25) is 4.79 Å². The number of nitrogens with zero attached hydrogens (tertiary/aromatic N) is 2. The average molecular weight is 344 g/mol. The monoisotopic (exact) mass is 343 g/mol. The van der Waals surface area contributed by atoms with Gasteiger partial charge >= 0.3 is 0 Å². The molecule has 0 saturated heterocycles. The van der Waals surface area contributed by atoms with Crippen molar-refractivity contribution in [3.05, 3.63) is 46.2 Å². The molecule has 0 bridgehead atoms. The van der Waals surface area contributed by atoms with Gasteiger partial charge in [0.15, 0.2) is 6.73 Å². The quantitative estimate of drug-likeness (QED) is 0.784. The molecule has 0 aliphatic heterocycles. The van der Waals surface area contributed by atoms with E-state index in [-0.39, 0.29) is 12.6 Å². The first kappa shape index (κ1) is 16.6. The van der Waals surface area contributed by atoms with Crippen molar-refractivity contribution in [1.29, 1.82) is 0 Å². The highest BCUT2D eigenvalue weighted by atomic mass is 35.5. The van der Waals surface area contributed by atoms with Crippen LogP contribution in [0.1, 0.15) is 10.5 Å². The number of nitrogens with one attached hydrogen (secondary N) is 1. The Bertz CT molecular complexity index is 646. The van der Waals surface area contributed by atoms with Crippen LogP contribution < -0.4 is 10.1 Å². The molecule has 0 radical (unpaired) electrons. The third-order valence-electron chi connectivity index (χ3n) is 2.73. The molecule has 1 aromatic carbocycles. The molecule has 2 rings (SSSR count). The van der Waals surface area contributed by atoms with Crippen LogP contribution in [0.2, 0.25) is 10.0 Å². The summed E-state index contributed by atoms with van der Waals surface area (Å²) in [5.41, 5.74) is 0.303. The molecule has 0 atom stereocenters. The van der Waals surface area contributed by atoms with Crippen molar-refractivity contribution in [2.24, 2.45) is 0 Å². The summed E-state index contributed by atoms with van der Waals surface area (Å²) in [6, 6.07) is 6.72. The Labute approximate surface area is 137 Å². The molecule has 8 heteroatoms. The highest BCUT2D eigenvalue weighted by molar-refractivity contribution is 6.42. The SMILES string of the molecule is COCCNC(=O)c1ccn(COc2cccc(Cl)c2Cl)n1. The predicted molar refractivity (Wildman–Crippen MR) is 83.5 cm³/mol. The number of ether oxygens (including phenoxy) is 2. The molecule has 2 aromatic rings. The highest BCUT2D eigenvalue weighted by Crippen LogP contribution is 2.31. The lowest BCUT2D eigenvalue weighted by Gasteiger charge is -2.08. The van der Waals surface area contributed by atoms with Crippen LogP contribution in [0, 0.1) is 0 Å². The number of halogens is 2. The molecule has 0 aliphatic rings. The van der Waals surface area contributed by atoms with E-state index in [1.165, 1.54) is 4.68 Å². The molecule has 6 nitrogen and oxygen atoms in total. The maximum atomic E-state index is 11.8. The second-order valence-corrected chi connectivity index (χ2v) is 5.10. The van der Waals surface area contributed by atoms with Gasteiger partial charge in [-0.2, -0.15) is 5.10 Å². The first-order valence-corrected chi connectivity index (χ1v) is 7.25. The molecule has 0 saturated carbocycles. The summed E-state index contributed by atoms with van der Waals surface area (Å²) < 4.78 is 11.9. The Morgan fingerprint density at radius 1 is 1.36 bits per heavy atom. The molecular formula is C14H15Cl2N3O3. The van der Waals surface area contributed by atoms with Crippen molar-refractivity contribution in [2.45, 2.75) is 6.73 Å². The summed E-state index contributed by atoms with van der Waals surface area (Å²) in [6.45, 7) is 0.991. The number of aromatic nitrogens is 2. The molecule has 1 heterocycles. The van der Waals surface area contributed by atoms with Gasteiger partial charge in [0.1, 0.15) is 16.5 Å². The van der Waals surface area contributed by atoms with E-state index in [4.69, 9.17) is 32.7 Å². The van der Waals surface area contributed by atoms with Crippen LogP contribution in [-0.4, -0.2) is 35.9 Å². The van der Waals surface area contributed by atoms with Gasteiger partial charge in [0.25, 0.3) is 5.91 Å². The fourth-order valence-electron chi connectivity index (χ4n) is 1.64. The van der Waals surface area contributed by atoms with Gasteiger partial charge in [-0.05, 0) is 18.2 Å². The number of rotatable bonds is 7. The fraction of sp³-hybridized carbons (Fsp3) is 0.286. The summed E-state index contributed by atoms with van der Waals surface area (Å²) in [5.74, 6) is 0.187. The zero-order valence-corrected chi connectivity index (χ0v) is 13.4. The van der Waals surface area contributed by atoms with Gasteiger partial charge in [0, 0.05) is 19.9 Å². The van der Waals surface area contributed by atoms with Crippen LogP contribution in [0.25, 0.3) is 0 Å². The van der Waals surface area contributed by atoms with E-state index in [1.54, 1.807) is 37.6 Å². The van der Waals surface area contributed by atoms with E-state index in [9.17, 15) is 4.79 Å². The maximum absolute atomic E-state index is 11.8. The number of hydrogen-bond acceptors (Lipinski definition) is 4. The van der Waals surface area contributed by atoms with Crippen LogP contribution in [0.4, 0.5) is 0 Å². The Morgan fingerprint density at radius 2 is 2.18 bits per heavy atom. The number of carbonyl (C=O) groups excluding carboxylic acids is 1. The Balaban J connectivity index is 1.92. The number of carbonyl (C=O) groups is 1. The Morgan fingerprint density at radius 3 is 2.95 bits per heavy atom. The number of amides is 1. The zero-order chi connectivity index (χ0) is 15.9. The average Bonchev–Trinajstić information content (AvgIpc) is 2.98. The largest absolute Gasteiger partial charge is 0.470 e. The normalized spacial score (nSPS) is 10.5. The molecule has 0 unspecified atom stereocenters. The minimum atomic E-state index is -0.267. The van der Waals surface area contributed by atoms with Gasteiger partial charge in [0.05, 0.1) is 11.6 Å². The van der Waals surface area contributed by atoms with Crippen LogP contribution in [0.3, 0.4) is 0 Å². The maximum Gasteiger partial charge on any atom is 0.271 e. The van der Waals surface area contributed by atoms with Crippen molar-refractivity contribution in [1.82, 2.24) is 15.1 Å².